The molecule has 13 heavy (non-hydrogen) atoms. The molecule has 4 aliphatic rings. The van der Waals surface area contributed by atoms with E-state index in [0.717, 1.165) is 18.8 Å². The minimum atomic E-state index is -0.577. The van der Waals surface area contributed by atoms with Crippen LogP contribution in [0.5, 0.6) is 0 Å². The molecule has 0 aromatic heterocycles. The highest BCUT2D eigenvalue weighted by Crippen LogP contribution is 2.57. The molecule has 0 aromatic carbocycles. The summed E-state index contributed by atoms with van der Waals surface area (Å²) < 4.78 is 0. The maximum Gasteiger partial charge on any atom is 0.0700 e. The summed E-state index contributed by atoms with van der Waals surface area (Å²) in [5.74, 6) is 1.95. The molecule has 0 spiro atoms. The van der Waals surface area contributed by atoms with E-state index in [9.17, 15) is 10.2 Å². The van der Waals surface area contributed by atoms with Crippen LogP contribution in [0.15, 0.2) is 0 Å². The normalized spacial score (nSPS) is 64.4. The predicted molar refractivity (Wildman–Crippen MR) is 49.1 cm³/mol. The van der Waals surface area contributed by atoms with Crippen molar-refractivity contribution in [1.82, 2.24) is 0 Å². The van der Waals surface area contributed by atoms with Gasteiger partial charge < -0.3 is 10.2 Å². The average Bonchev–Trinajstić information content (AvgIpc) is 2.08. The molecule has 6 unspecified atom stereocenters. The van der Waals surface area contributed by atoms with Crippen LogP contribution in [0.25, 0.3) is 0 Å². The van der Waals surface area contributed by atoms with Gasteiger partial charge in [-0.1, -0.05) is 0 Å². The molecule has 4 bridgehead atoms. The fraction of sp³-hybridized carbons (Fsp3) is 1.00. The van der Waals surface area contributed by atoms with E-state index in [2.05, 4.69) is 0 Å². The van der Waals surface area contributed by atoms with Gasteiger partial charge in [-0.3, -0.25) is 0 Å². The van der Waals surface area contributed by atoms with E-state index < -0.39 is 5.60 Å². The first-order valence-electron chi connectivity index (χ1n) is 5.49. The van der Waals surface area contributed by atoms with Crippen LogP contribution in [0.2, 0.25) is 0 Å². The first-order chi connectivity index (χ1) is 6.09. The summed E-state index contributed by atoms with van der Waals surface area (Å²) in [6, 6.07) is 0. The fourth-order valence-corrected chi connectivity index (χ4v) is 4.15. The van der Waals surface area contributed by atoms with Gasteiger partial charge in [0.2, 0.25) is 0 Å². The van der Waals surface area contributed by atoms with Gasteiger partial charge in [0.25, 0.3) is 0 Å². The summed E-state index contributed by atoms with van der Waals surface area (Å²) in [5, 5.41) is 20.3. The van der Waals surface area contributed by atoms with Gasteiger partial charge in [0, 0.05) is 5.92 Å². The van der Waals surface area contributed by atoms with Crippen molar-refractivity contribution in [3.63, 3.8) is 0 Å². The van der Waals surface area contributed by atoms with Gasteiger partial charge in [0.15, 0.2) is 0 Å². The van der Waals surface area contributed by atoms with Gasteiger partial charge in [-0.05, 0) is 50.4 Å². The van der Waals surface area contributed by atoms with Gasteiger partial charge >= 0.3 is 0 Å². The van der Waals surface area contributed by atoms with Crippen LogP contribution in [0, 0.1) is 23.7 Å². The smallest absolute Gasteiger partial charge is 0.0700 e. The zero-order chi connectivity index (χ0) is 9.22. The van der Waals surface area contributed by atoms with Gasteiger partial charge in [0.1, 0.15) is 0 Å². The van der Waals surface area contributed by atoms with Crippen molar-refractivity contribution in [3.05, 3.63) is 0 Å². The summed E-state index contributed by atoms with van der Waals surface area (Å²) in [4.78, 5) is 0. The van der Waals surface area contributed by atoms with E-state index in [-0.39, 0.29) is 12.0 Å². The third kappa shape index (κ3) is 0.909. The standard InChI is InChI=1S/C11H18O2/c1-11(13)8-3-6-2-7(5-8)10(12)9(11)4-6/h6-10,12-13H,2-5H2,1H3. The molecule has 4 fully saturated rings. The van der Waals surface area contributed by atoms with Crippen molar-refractivity contribution in [2.24, 2.45) is 23.7 Å². The zero-order valence-electron chi connectivity index (χ0n) is 8.11. The Morgan fingerprint density at radius 3 is 2.69 bits per heavy atom. The summed E-state index contributed by atoms with van der Waals surface area (Å²) >= 11 is 0. The summed E-state index contributed by atoms with van der Waals surface area (Å²) in [6.45, 7) is 1.93. The molecule has 4 saturated carbocycles. The minimum Gasteiger partial charge on any atom is -0.392 e. The molecule has 2 N–H and O–H groups in total. The summed E-state index contributed by atoms with van der Waals surface area (Å²) in [5.41, 5.74) is -0.577. The lowest BCUT2D eigenvalue weighted by Crippen LogP contribution is -2.62. The molecule has 6 atom stereocenters. The molecular weight excluding hydrogens is 164 g/mol. The second kappa shape index (κ2) is 2.29. The van der Waals surface area contributed by atoms with Gasteiger partial charge in [-0.2, -0.15) is 0 Å². The van der Waals surface area contributed by atoms with Crippen LogP contribution in [0.1, 0.15) is 32.6 Å². The predicted octanol–water partition coefficient (Wildman–Crippen LogP) is 1.16. The zero-order valence-corrected chi connectivity index (χ0v) is 8.11. The molecule has 0 aliphatic heterocycles. The maximum atomic E-state index is 10.3. The lowest BCUT2D eigenvalue weighted by atomic mass is 9.49. The fourth-order valence-electron chi connectivity index (χ4n) is 4.15. The summed E-state index contributed by atoms with van der Waals surface area (Å²) in [6.07, 6.45) is 4.31. The quantitative estimate of drug-likeness (QED) is 0.590. The van der Waals surface area contributed by atoms with Crippen molar-refractivity contribution in [1.29, 1.82) is 0 Å². The van der Waals surface area contributed by atoms with Crippen LogP contribution in [0.3, 0.4) is 0 Å². The molecule has 74 valence electrons. The Balaban J connectivity index is 1.99. The van der Waals surface area contributed by atoms with Gasteiger partial charge in [-0.25, -0.2) is 0 Å². The highest BCUT2D eigenvalue weighted by atomic mass is 16.3. The van der Waals surface area contributed by atoms with Crippen LogP contribution < -0.4 is 0 Å². The second-order valence-electron chi connectivity index (χ2n) is 5.59. The van der Waals surface area contributed by atoms with E-state index in [4.69, 9.17) is 0 Å². The largest absolute Gasteiger partial charge is 0.392 e. The lowest BCUT2D eigenvalue weighted by Gasteiger charge is -2.59. The first-order valence-corrected chi connectivity index (χ1v) is 5.49. The van der Waals surface area contributed by atoms with Crippen molar-refractivity contribution >= 4 is 0 Å². The van der Waals surface area contributed by atoms with E-state index in [1.807, 2.05) is 6.92 Å². The van der Waals surface area contributed by atoms with Crippen LogP contribution in [0.4, 0.5) is 0 Å². The third-order valence-corrected chi connectivity index (χ3v) is 4.90. The topological polar surface area (TPSA) is 40.5 Å². The number of hydrogen-bond acceptors (Lipinski definition) is 2. The number of rotatable bonds is 0. The van der Waals surface area contributed by atoms with E-state index in [0.29, 0.717) is 11.8 Å². The van der Waals surface area contributed by atoms with E-state index >= 15 is 0 Å². The second-order valence-corrected chi connectivity index (χ2v) is 5.59. The van der Waals surface area contributed by atoms with Crippen molar-refractivity contribution < 1.29 is 10.2 Å². The SMILES string of the molecule is CC1(O)C2CC3CC(C2)C(O)C1C3. The lowest BCUT2D eigenvalue weighted by molar-refractivity contribution is -0.212. The Morgan fingerprint density at radius 1 is 1.15 bits per heavy atom. The number of aliphatic hydroxyl groups is 2. The number of hydrogen-bond donors (Lipinski definition) is 2. The van der Waals surface area contributed by atoms with Gasteiger partial charge in [0.05, 0.1) is 11.7 Å². The molecule has 2 heteroatoms. The monoisotopic (exact) mass is 182 g/mol. The molecule has 0 heterocycles. The maximum absolute atomic E-state index is 10.3. The Bertz CT molecular complexity index is 236. The Labute approximate surface area is 79.0 Å². The Morgan fingerprint density at radius 2 is 1.92 bits per heavy atom. The molecule has 4 aliphatic carbocycles. The molecule has 2 nitrogen and oxygen atoms in total. The van der Waals surface area contributed by atoms with Gasteiger partial charge in [-0.15, -0.1) is 0 Å². The van der Waals surface area contributed by atoms with Crippen LogP contribution in [-0.2, 0) is 0 Å². The summed E-state index contributed by atoms with van der Waals surface area (Å²) in [7, 11) is 0. The first kappa shape index (κ1) is 8.25. The van der Waals surface area contributed by atoms with Crippen molar-refractivity contribution in [2.45, 2.75) is 44.3 Å². The minimum absolute atomic E-state index is 0.170. The third-order valence-electron chi connectivity index (χ3n) is 4.90. The molecule has 0 aromatic rings. The molecule has 0 saturated heterocycles. The van der Waals surface area contributed by atoms with E-state index in [1.54, 1.807) is 0 Å². The molecular formula is C11H18O2. The van der Waals surface area contributed by atoms with E-state index in [1.165, 1.54) is 12.8 Å². The molecule has 4 rings (SSSR count). The Kier molecular flexibility index (Phi) is 1.45. The molecule has 0 amide bonds. The van der Waals surface area contributed by atoms with Crippen molar-refractivity contribution in [3.8, 4) is 0 Å². The van der Waals surface area contributed by atoms with Crippen LogP contribution in [-0.4, -0.2) is 21.9 Å². The highest BCUT2D eigenvalue weighted by Gasteiger charge is 2.58. The molecule has 0 radical (unpaired) electrons. The van der Waals surface area contributed by atoms with Crippen molar-refractivity contribution in [2.75, 3.05) is 0 Å². The average molecular weight is 182 g/mol. The number of aliphatic hydroxyl groups excluding tert-OH is 1. The highest BCUT2D eigenvalue weighted by molar-refractivity contribution is 5.08. The Hall–Kier alpha value is -0.0800. The van der Waals surface area contributed by atoms with Crippen LogP contribution >= 0.6 is 0 Å².